The Morgan fingerprint density at radius 3 is 2.65 bits per heavy atom. The van der Waals surface area contributed by atoms with Gasteiger partial charge in [0.05, 0.1) is 17.8 Å². The molecule has 0 N–H and O–H groups in total. The van der Waals surface area contributed by atoms with E-state index in [0.29, 0.717) is 36.8 Å². The largest absolute Gasteiger partial charge is 0.417 e. The predicted molar refractivity (Wildman–Crippen MR) is 76.1 cm³/mol. The molecule has 0 atom stereocenters. The third-order valence-corrected chi connectivity index (χ3v) is 3.64. The maximum absolute atomic E-state index is 12.6. The van der Waals surface area contributed by atoms with Crippen molar-refractivity contribution in [3.8, 4) is 11.4 Å². The molecule has 0 aliphatic carbocycles. The molecule has 0 unspecified atom stereocenters. The summed E-state index contributed by atoms with van der Waals surface area (Å²) >= 11 is 0. The van der Waals surface area contributed by atoms with Gasteiger partial charge in [-0.1, -0.05) is 6.58 Å². The van der Waals surface area contributed by atoms with Crippen molar-refractivity contribution in [2.45, 2.75) is 19.3 Å². The third kappa shape index (κ3) is 2.96. The number of halogens is 3. The summed E-state index contributed by atoms with van der Waals surface area (Å²) in [5.74, 6) is 0.497. The van der Waals surface area contributed by atoms with E-state index in [1.54, 1.807) is 11.1 Å². The van der Waals surface area contributed by atoms with E-state index in [0.717, 1.165) is 12.3 Å². The van der Waals surface area contributed by atoms with Gasteiger partial charge in [0.2, 0.25) is 5.91 Å². The molecule has 0 bridgehead atoms. The fourth-order valence-corrected chi connectivity index (χ4v) is 2.41. The summed E-state index contributed by atoms with van der Waals surface area (Å²) < 4.78 is 39.5. The molecule has 3 rings (SSSR count). The number of amides is 1. The first-order valence-electron chi connectivity index (χ1n) is 6.89. The van der Waals surface area contributed by atoms with E-state index in [1.165, 1.54) is 12.1 Å². The van der Waals surface area contributed by atoms with Crippen LogP contribution in [0.15, 0.2) is 37.2 Å². The highest BCUT2D eigenvalue weighted by atomic mass is 19.4. The van der Waals surface area contributed by atoms with E-state index >= 15 is 0 Å². The van der Waals surface area contributed by atoms with Gasteiger partial charge >= 0.3 is 6.18 Å². The monoisotopic (exact) mass is 322 g/mol. The van der Waals surface area contributed by atoms with E-state index in [4.69, 9.17) is 0 Å². The van der Waals surface area contributed by atoms with E-state index in [2.05, 4.69) is 16.5 Å². The van der Waals surface area contributed by atoms with Crippen LogP contribution in [0.4, 0.5) is 13.2 Å². The predicted octanol–water partition coefficient (Wildman–Crippen LogP) is 2.49. The van der Waals surface area contributed by atoms with Gasteiger partial charge in [-0.3, -0.25) is 9.78 Å². The molecule has 1 amide bonds. The van der Waals surface area contributed by atoms with Gasteiger partial charge in [0.15, 0.2) is 0 Å². The van der Waals surface area contributed by atoms with Gasteiger partial charge in [-0.05, 0) is 18.2 Å². The van der Waals surface area contributed by atoms with Crippen molar-refractivity contribution in [3.05, 3.63) is 48.6 Å². The van der Waals surface area contributed by atoms with Crippen LogP contribution in [0.3, 0.4) is 0 Å². The Labute approximate surface area is 130 Å². The lowest BCUT2D eigenvalue weighted by Crippen LogP contribution is -2.37. The first-order valence-corrected chi connectivity index (χ1v) is 6.89. The van der Waals surface area contributed by atoms with Crippen LogP contribution >= 0.6 is 0 Å². The minimum Gasteiger partial charge on any atom is -0.331 e. The molecule has 23 heavy (non-hydrogen) atoms. The molecule has 2 aromatic heterocycles. The molecule has 3 heterocycles. The smallest absolute Gasteiger partial charge is 0.331 e. The Hall–Kier alpha value is -2.64. The highest BCUT2D eigenvalue weighted by molar-refractivity contribution is 5.87. The number of pyridine rings is 1. The minimum absolute atomic E-state index is 0.173. The minimum atomic E-state index is -4.41. The number of carbonyl (C=O) groups is 1. The second-order valence-electron chi connectivity index (χ2n) is 5.13. The number of nitrogens with zero attached hydrogens (tertiary/aromatic N) is 4. The van der Waals surface area contributed by atoms with Gasteiger partial charge in [-0.15, -0.1) is 0 Å². The van der Waals surface area contributed by atoms with Crippen LogP contribution in [-0.4, -0.2) is 31.9 Å². The van der Waals surface area contributed by atoms with Crippen LogP contribution in [0.25, 0.3) is 11.4 Å². The van der Waals surface area contributed by atoms with Crippen molar-refractivity contribution in [1.29, 1.82) is 0 Å². The summed E-state index contributed by atoms with van der Waals surface area (Å²) in [6.45, 7) is 4.90. The van der Waals surface area contributed by atoms with Gasteiger partial charge in [-0.2, -0.15) is 13.2 Å². The maximum Gasteiger partial charge on any atom is 0.417 e. The van der Waals surface area contributed by atoms with Crippen molar-refractivity contribution < 1.29 is 18.0 Å². The van der Waals surface area contributed by atoms with Crippen LogP contribution in [0.5, 0.6) is 0 Å². The van der Waals surface area contributed by atoms with Crippen molar-refractivity contribution in [3.63, 3.8) is 0 Å². The van der Waals surface area contributed by atoms with Crippen LogP contribution in [0.2, 0.25) is 0 Å². The van der Waals surface area contributed by atoms with Gasteiger partial charge in [0.25, 0.3) is 0 Å². The van der Waals surface area contributed by atoms with Crippen molar-refractivity contribution in [2.24, 2.45) is 0 Å². The van der Waals surface area contributed by atoms with Crippen LogP contribution in [-0.2, 0) is 24.1 Å². The first kappa shape index (κ1) is 15.3. The molecule has 0 spiro atoms. The van der Waals surface area contributed by atoms with Crippen molar-refractivity contribution in [2.75, 3.05) is 6.54 Å². The number of rotatable bonds is 2. The third-order valence-electron chi connectivity index (χ3n) is 3.64. The van der Waals surface area contributed by atoms with Crippen LogP contribution in [0.1, 0.15) is 11.4 Å². The van der Waals surface area contributed by atoms with E-state index < -0.39 is 11.7 Å². The standard InChI is InChI=1S/C15H13F3N4O/c1-2-14(23)22-6-5-21-8-12(20-13(21)9-22)11-4-3-10(7-19-11)15(16,17)18/h2-4,7-8H,1,5-6,9H2. The Morgan fingerprint density at radius 1 is 1.26 bits per heavy atom. The zero-order chi connectivity index (χ0) is 16.6. The molecular formula is C15H13F3N4O. The number of alkyl halides is 3. The highest BCUT2D eigenvalue weighted by Gasteiger charge is 2.31. The normalized spacial score (nSPS) is 14.5. The molecule has 0 saturated heterocycles. The molecule has 0 radical (unpaired) electrons. The Balaban J connectivity index is 1.85. The summed E-state index contributed by atoms with van der Waals surface area (Å²) in [6.07, 6.45) is -0.636. The topological polar surface area (TPSA) is 51.0 Å². The van der Waals surface area contributed by atoms with Crippen LogP contribution in [0, 0.1) is 0 Å². The maximum atomic E-state index is 12.6. The highest BCUT2D eigenvalue weighted by Crippen LogP contribution is 2.29. The van der Waals surface area contributed by atoms with E-state index in [1.807, 2.05) is 4.57 Å². The molecule has 1 aliphatic heterocycles. The lowest BCUT2D eigenvalue weighted by Gasteiger charge is -2.26. The number of hydrogen-bond acceptors (Lipinski definition) is 3. The number of fused-ring (bicyclic) bond motifs is 1. The molecule has 0 fully saturated rings. The number of imidazole rings is 1. The Bertz CT molecular complexity index is 749. The summed E-state index contributed by atoms with van der Waals surface area (Å²) in [6, 6.07) is 2.28. The second kappa shape index (κ2) is 5.53. The number of hydrogen-bond donors (Lipinski definition) is 0. The molecule has 120 valence electrons. The molecule has 0 saturated carbocycles. The lowest BCUT2D eigenvalue weighted by atomic mass is 10.2. The molecular weight excluding hydrogens is 309 g/mol. The molecule has 1 aliphatic rings. The van der Waals surface area contributed by atoms with Gasteiger partial charge < -0.3 is 9.47 Å². The lowest BCUT2D eigenvalue weighted by molar-refractivity contribution is -0.137. The summed E-state index contributed by atoms with van der Waals surface area (Å²) in [7, 11) is 0. The summed E-state index contributed by atoms with van der Waals surface area (Å²) in [5, 5.41) is 0. The Morgan fingerprint density at radius 2 is 2.04 bits per heavy atom. The SMILES string of the molecule is C=CC(=O)N1CCn2cc(-c3ccc(C(F)(F)F)cn3)nc2C1. The molecule has 8 heteroatoms. The van der Waals surface area contributed by atoms with E-state index in [-0.39, 0.29) is 5.91 Å². The second-order valence-corrected chi connectivity index (χ2v) is 5.13. The summed E-state index contributed by atoms with van der Waals surface area (Å²) in [4.78, 5) is 21.5. The van der Waals surface area contributed by atoms with Gasteiger partial charge in [0.1, 0.15) is 11.5 Å². The quantitative estimate of drug-likeness (QED) is 0.798. The molecule has 2 aromatic rings. The van der Waals surface area contributed by atoms with Crippen molar-refractivity contribution >= 4 is 5.91 Å². The van der Waals surface area contributed by atoms with Crippen molar-refractivity contribution in [1.82, 2.24) is 19.4 Å². The fourth-order valence-electron chi connectivity index (χ4n) is 2.41. The number of aromatic nitrogens is 3. The molecule has 0 aromatic carbocycles. The van der Waals surface area contributed by atoms with E-state index in [9.17, 15) is 18.0 Å². The Kier molecular flexibility index (Phi) is 3.67. The van der Waals surface area contributed by atoms with Gasteiger partial charge in [-0.25, -0.2) is 4.98 Å². The first-order chi connectivity index (χ1) is 10.9. The fraction of sp³-hybridized carbons (Fsp3) is 0.267. The zero-order valence-electron chi connectivity index (χ0n) is 12.0. The number of carbonyl (C=O) groups excluding carboxylic acids is 1. The average Bonchev–Trinajstić information content (AvgIpc) is 2.96. The molecule has 5 nitrogen and oxygen atoms in total. The van der Waals surface area contributed by atoms with Crippen LogP contribution < -0.4 is 0 Å². The summed E-state index contributed by atoms with van der Waals surface area (Å²) in [5.41, 5.74) is 0.0519. The average molecular weight is 322 g/mol. The van der Waals surface area contributed by atoms with Gasteiger partial charge in [0, 0.05) is 25.5 Å². The zero-order valence-corrected chi connectivity index (χ0v) is 12.0.